The van der Waals surface area contributed by atoms with Gasteiger partial charge in [0.25, 0.3) is 0 Å². The number of aromatic carboxylic acids is 1. The molecule has 1 heterocycles. The van der Waals surface area contributed by atoms with Crippen molar-refractivity contribution in [2.75, 3.05) is 6.61 Å². The van der Waals surface area contributed by atoms with Crippen molar-refractivity contribution >= 4 is 5.97 Å². The summed E-state index contributed by atoms with van der Waals surface area (Å²) in [6, 6.07) is 1.38. The van der Waals surface area contributed by atoms with Crippen LogP contribution in [0, 0.1) is 5.92 Å². The summed E-state index contributed by atoms with van der Waals surface area (Å²) in [5.74, 6) is 0.0714. The van der Waals surface area contributed by atoms with Gasteiger partial charge < -0.3 is 14.4 Å². The number of ether oxygens (including phenoxy) is 1. The molecule has 0 unspecified atom stereocenters. The van der Waals surface area contributed by atoms with Gasteiger partial charge in [0.1, 0.15) is 6.61 Å². The van der Waals surface area contributed by atoms with Crippen LogP contribution in [0.1, 0.15) is 29.1 Å². The Labute approximate surface area is 80.6 Å². The first-order valence-electron chi connectivity index (χ1n) is 4.52. The van der Waals surface area contributed by atoms with Crippen LogP contribution in [0.5, 0.6) is 0 Å². The summed E-state index contributed by atoms with van der Waals surface area (Å²) in [5, 5.41) is 11.9. The average molecular weight is 197 g/mol. The lowest BCUT2D eigenvalue weighted by molar-refractivity contribution is 0.0684. The average Bonchev–Trinajstić information content (AvgIpc) is 2.82. The molecule has 0 amide bonds. The molecule has 1 aliphatic rings. The fourth-order valence-corrected chi connectivity index (χ4v) is 1.09. The number of rotatable bonds is 5. The Balaban J connectivity index is 1.79. The van der Waals surface area contributed by atoms with Crippen LogP contribution in [0.3, 0.4) is 0 Å². The molecule has 1 aliphatic carbocycles. The van der Waals surface area contributed by atoms with E-state index in [1.54, 1.807) is 0 Å². The molecule has 14 heavy (non-hydrogen) atoms. The van der Waals surface area contributed by atoms with E-state index < -0.39 is 5.97 Å². The Kier molecular flexibility index (Phi) is 2.49. The monoisotopic (exact) mass is 197 g/mol. The summed E-state index contributed by atoms with van der Waals surface area (Å²) in [6.07, 6.45) is 2.47. The van der Waals surface area contributed by atoms with Crippen LogP contribution in [0.15, 0.2) is 10.6 Å². The maximum absolute atomic E-state index is 10.4. The van der Waals surface area contributed by atoms with Crippen LogP contribution in [0.4, 0.5) is 0 Å². The zero-order valence-corrected chi connectivity index (χ0v) is 7.60. The fraction of sp³-hybridized carbons (Fsp3) is 0.556. The van der Waals surface area contributed by atoms with Gasteiger partial charge in [-0.2, -0.15) is 0 Å². The standard InChI is InChI=1S/C9H11NO4/c11-9(12)8-3-7(14-10-8)5-13-4-6-1-2-6/h3,6H,1-2,4-5H2,(H,11,12). The fourth-order valence-electron chi connectivity index (χ4n) is 1.09. The Morgan fingerprint density at radius 3 is 3.07 bits per heavy atom. The van der Waals surface area contributed by atoms with E-state index in [0.717, 1.165) is 6.61 Å². The quantitative estimate of drug-likeness (QED) is 0.770. The molecule has 5 nitrogen and oxygen atoms in total. The van der Waals surface area contributed by atoms with Crippen molar-refractivity contribution in [2.24, 2.45) is 5.92 Å². The van der Waals surface area contributed by atoms with Crippen LogP contribution in [0.25, 0.3) is 0 Å². The lowest BCUT2D eigenvalue weighted by atomic mass is 10.4. The predicted molar refractivity (Wildman–Crippen MR) is 45.8 cm³/mol. The van der Waals surface area contributed by atoms with E-state index in [-0.39, 0.29) is 5.69 Å². The summed E-state index contributed by atoms with van der Waals surface area (Å²) in [6.45, 7) is 1.03. The molecule has 0 aromatic carbocycles. The second-order valence-corrected chi connectivity index (χ2v) is 3.44. The van der Waals surface area contributed by atoms with Crippen LogP contribution in [-0.4, -0.2) is 22.8 Å². The zero-order valence-electron chi connectivity index (χ0n) is 7.60. The van der Waals surface area contributed by atoms with E-state index in [4.69, 9.17) is 14.4 Å². The third-order valence-corrected chi connectivity index (χ3v) is 2.07. The summed E-state index contributed by atoms with van der Waals surface area (Å²) in [5.41, 5.74) is -0.0741. The molecule has 0 saturated heterocycles. The van der Waals surface area contributed by atoms with Crippen LogP contribution < -0.4 is 0 Å². The maximum atomic E-state index is 10.4. The highest BCUT2D eigenvalue weighted by molar-refractivity contribution is 5.85. The van der Waals surface area contributed by atoms with Crippen LogP contribution in [-0.2, 0) is 11.3 Å². The minimum absolute atomic E-state index is 0.0741. The van der Waals surface area contributed by atoms with E-state index in [2.05, 4.69) is 5.16 Å². The van der Waals surface area contributed by atoms with E-state index >= 15 is 0 Å². The molecule has 0 atom stereocenters. The molecule has 5 heteroatoms. The highest BCUT2D eigenvalue weighted by Gasteiger charge is 2.21. The van der Waals surface area contributed by atoms with Gasteiger partial charge in [-0.15, -0.1) is 0 Å². The highest BCUT2D eigenvalue weighted by Crippen LogP contribution is 2.29. The maximum Gasteiger partial charge on any atom is 0.358 e. The lowest BCUT2D eigenvalue weighted by Gasteiger charge is -1.97. The molecule has 1 aromatic heterocycles. The minimum atomic E-state index is -1.08. The Morgan fingerprint density at radius 2 is 2.50 bits per heavy atom. The molecule has 1 N–H and O–H groups in total. The topological polar surface area (TPSA) is 72.6 Å². The minimum Gasteiger partial charge on any atom is -0.476 e. The predicted octanol–water partition coefficient (Wildman–Crippen LogP) is 1.30. The van der Waals surface area contributed by atoms with E-state index in [1.807, 2.05) is 0 Å². The number of aromatic nitrogens is 1. The Morgan fingerprint density at radius 1 is 1.71 bits per heavy atom. The van der Waals surface area contributed by atoms with Crippen molar-refractivity contribution in [3.8, 4) is 0 Å². The van der Waals surface area contributed by atoms with Gasteiger partial charge in [-0.1, -0.05) is 5.16 Å². The lowest BCUT2D eigenvalue weighted by Crippen LogP contribution is -1.96. The number of nitrogens with zero attached hydrogens (tertiary/aromatic N) is 1. The van der Waals surface area contributed by atoms with Crippen molar-refractivity contribution in [1.29, 1.82) is 0 Å². The molecular weight excluding hydrogens is 186 g/mol. The van der Waals surface area contributed by atoms with E-state index in [1.165, 1.54) is 18.9 Å². The van der Waals surface area contributed by atoms with Crippen molar-refractivity contribution in [3.63, 3.8) is 0 Å². The highest BCUT2D eigenvalue weighted by atomic mass is 16.5. The van der Waals surface area contributed by atoms with Crippen molar-refractivity contribution < 1.29 is 19.2 Å². The SMILES string of the molecule is O=C(O)c1cc(COCC2CC2)on1. The van der Waals surface area contributed by atoms with Gasteiger partial charge in [-0.05, 0) is 18.8 Å². The van der Waals surface area contributed by atoms with Gasteiger partial charge in [-0.3, -0.25) is 0 Å². The number of carbonyl (C=O) groups is 1. The summed E-state index contributed by atoms with van der Waals surface area (Å²) in [4.78, 5) is 10.4. The molecule has 0 aliphatic heterocycles. The van der Waals surface area contributed by atoms with Gasteiger partial charge in [-0.25, -0.2) is 4.79 Å². The Bertz CT molecular complexity index is 329. The summed E-state index contributed by atoms with van der Waals surface area (Å²) in [7, 11) is 0. The van der Waals surface area contributed by atoms with Crippen molar-refractivity contribution in [3.05, 3.63) is 17.5 Å². The van der Waals surface area contributed by atoms with Gasteiger partial charge in [0, 0.05) is 12.7 Å². The normalized spacial score (nSPS) is 15.7. The smallest absolute Gasteiger partial charge is 0.358 e. The second-order valence-electron chi connectivity index (χ2n) is 3.44. The third-order valence-electron chi connectivity index (χ3n) is 2.07. The second kappa shape index (κ2) is 3.79. The molecule has 0 radical (unpaired) electrons. The zero-order chi connectivity index (χ0) is 9.97. The van der Waals surface area contributed by atoms with Crippen molar-refractivity contribution in [1.82, 2.24) is 5.16 Å². The van der Waals surface area contributed by atoms with Gasteiger partial charge in [0.05, 0.1) is 0 Å². The molecule has 1 aromatic rings. The van der Waals surface area contributed by atoms with E-state index in [9.17, 15) is 4.79 Å². The molecule has 1 fully saturated rings. The van der Waals surface area contributed by atoms with Crippen LogP contribution >= 0.6 is 0 Å². The molecule has 0 bridgehead atoms. The van der Waals surface area contributed by atoms with Gasteiger partial charge >= 0.3 is 5.97 Å². The summed E-state index contributed by atoms with van der Waals surface area (Å²) < 4.78 is 10.1. The van der Waals surface area contributed by atoms with E-state index in [0.29, 0.717) is 18.3 Å². The number of hydrogen-bond donors (Lipinski definition) is 1. The molecule has 2 rings (SSSR count). The molecule has 1 saturated carbocycles. The first-order valence-corrected chi connectivity index (χ1v) is 4.52. The van der Waals surface area contributed by atoms with Gasteiger partial charge in [0.15, 0.2) is 11.5 Å². The number of carboxylic acids is 1. The third kappa shape index (κ3) is 2.32. The molecular formula is C9H11NO4. The first-order chi connectivity index (χ1) is 6.75. The molecule has 0 spiro atoms. The Hall–Kier alpha value is -1.36. The molecule has 76 valence electrons. The number of carboxylic acid groups (broad SMARTS) is 1. The largest absolute Gasteiger partial charge is 0.476 e. The van der Waals surface area contributed by atoms with Gasteiger partial charge in [0.2, 0.25) is 0 Å². The summed E-state index contributed by atoms with van der Waals surface area (Å²) >= 11 is 0. The first kappa shape index (κ1) is 9.21. The van der Waals surface area contributed by atoms with Crippen LogP contribution in [0.2, 0.25) is 0 Å². The number of hydrogen-bond acceptors (Lipinski definition) is 4. The van der Waals surface area contributed by atoms with Crippen molar-refractivity contribution in [2.45, 2.75) is 19.4 Å².